The predicted molar refractivity (Wildman–Crippen MR) is 215 cm³/mol. The summed E-state index contributed by atoms with van der Waals surface area (Å²) in [6, 6.07) is 0. The highest BCUT2D eigenvalue weighted by atomic mass is 16.6. The molecule has 0 aliphatic heterocycles. The second-order valence-corrected chi connectivity index (χ2v) is 14.1. The van der Waals surface area contributed by atoms with Gasteiger partial charge in [0.05, 0.1) is 39.6 Å². The number of carbonyl (C=O) groups is 6. The number of esters is 5. The van der Waals surface area contributed by atoms with Gasteiger partial charge in [0.1, 0.15) is 88.0 Å². The zero-order chi connectivity index (χ0) is 47.5. The predicted octanol–water partition coefficient (Wildman–Crippen LogP) is -0.856. The lowest BCUT2D eigenvalue weighted by Gasteiger charge is -2.37. The monoisotopic (exact) mass is 890 g/mol. The second-order valence-electron chi connectivity index (χ2n) is 14.1. The van der Waals surface area contributed by atoms with Gasteiger partial charge in [0.15, 0.2) is 6.29 Å². The highest BCUT2D eigenvalue weighted by molar-refractivity contribution is 5.88. The lowest BCUT2D eigenvalue weighted by molar-refractivity contribution is -0.209. The van der Waals surface area contributed by atoms with Crippen LogP contribution in [0.1, 0.15) is 34.6 Å². The van der Waals surface area contributed by atoms with Gasteiger partial charge in [0.25, 0.3) is 0 Å². The van der Waals surface area contributed by atoms with Crippen LogP contribution in [0.3, 0.4) is 0 Å². The van der Waals surface area contributed by atoms with Crippen molar-refractivity contribution >= 4 is 36.1 Å². The Bertz CT molecular complexity index is 1520. The maximum absolute atomic E-state index is 12.8. The Morgan fingerprint density at radius 3 is 0.984 bits per heavy atom. The van der Waals surface area contributed by atoms with Gasteiger partial charge in [-0.15, -0.1) is 0 Å². The van der Waals surface area contributed by atoms with Crippen molar-refractivity contribution in [3.63, 3.8) is 0 Å². The van der Waals surface area contributed by atoms with E-state index < -0.39 is 157 Å². The van der Waals surface area contributed by atoms with Crippen molar-refractivity contribution in [2.24, 2.45) is 0 Å². The zero-order valence-electron chi connectivity index (χ0n) is 35.9. The molecule has 0 aromatic rings. The van der Waals surface area contributed by atoms with Crippen LogP contribution < -0.4 is 0 Å². The van der Waals surface area contributed by atoms with Crippen molar-refractivity contribution in [1.29, 1.82) is 0 Å². The Morgan fingerprint density at radius 2 is 0.677 bits per heavy atom. The molecule has 9 atom stereocenters. The molecule has 21 nitrogen and oxygen atoms in total. The van der Waals surface area contributed by atoms with E-state index in [-0.39, 0.29) is 34.2 Å². The normalized spacial score (nSPS) is 15.5. The molecule has 0 amide bonds. The minimum Gasteiger partial charge on any atom is -0.460 e. The molecule has 0 aliphatic rings. The molecule has 0 bridgehead atoms. The summed E-state index contributed by atoms with van der Waals surface area (Å²) in [6.07, 6.45) is -14.1. The number of hydrogen-bond donors (Lipinski definition) is 5. The maximum atomic E-state index is 12.8. The molecule has 62 heavy (non-hydrogen) atoms. The summed E-state index contributed by atoms with van der Waals surface area (Å²) in [5.41, 5.74) is 0.180. The summed E-state index contributed by atoms with van der Waals surface area (Å²) in [6.45, 7) is 17.4. The van der Waals surface area contributed by atoms with Crippen molar-refractivity contribution in [2.45, 2.75) is 89.6 Å². The smallest absolute Gasteiger partial charge is 0.333 e. The van der Waals surface area contributed by atoms with Crippen LogP contribution >= 0.6 is 0 Å². The zero-order valence-corrected chi connectivity index (χ0v) is 35.9. The van der Waals surface area contributed by atoms with E-state index in [0.717, 1.165) is 0 Å². The molecular weight excluding hydrogens is 828 g/mol. The molecule has 0 radical (unpaired) electrons. The van der Waals surface area contributed by atoms with Crippen LogP contribution in [-0.4, -0.2) is 189 Å². The molecule has 0 saturated heterocycles. The first-order chi connectivity index (χ1) is 29.0. The molecule has 5 N–H and O–H groups in total. The van der Waals surface area contributed by atoms with Gasteiger partial charge >= 0.3 is 29.8 Å². The molecular formula is C41H62O21. The molecule has 0 heterocycles. The average molecular weight is 891 g/mol. The molecule has 0 aromatic heterocycles. The molecule has 0 fully saturated rings. The number of carbonyl (C=O) groups excluding carboxylic acids is 6. The SMILES string of the molecule is C=C(C)C(=O)OCC(O)COC[C@@H](OCC(O)COC(=O)C(=C)C)[C@@H](OCC(O)COC(=O)C(=C)C)[C@H](OCC(O)COC(=O)C(=C)C)[C@H](C=O)OCC(O)COC(=O)C(=C)C. The van der Waals surface area contributed by atoms with E-state index in [4.69, 9.17) is 47.4 Å². The third kappa shape index (κ3) is 25.3. The van der Waals surface area contributed by atoms with Crippen LogP contribution in [0.5, 0.6) is 0 Å². The first kappa shape index (κ1) is 57.3. The van der Waals surface area contributed by atoms with E-state index in [9.17, 15) is 54.3 Å². The summed E-state index contributed by atoms with van der Waals surface area (Å²) in [5, 5.41) is 53.2. The Hall–Kier alpha value is -4.68. The lowest BCUT2D eigenvalue weighted by atomic mass is 10.0. The van der Waals surface area contributed by atoms with Crippen LogP contribution in [0.15, 0.2) is 60.8 Å². The Kier molecular flexibility index (Phi) is 28.8. The van der Waals surface area contributed by atoms with E-state index in [0.29, 0.717) is 0 Å². The summed E-state index contributed by atoms with van der Waals surface area (Å²) in [4.78, 5) is 72.5. The third-order valence-electron chi connectivity index (χ3n) is 7.46. The van der Waals surface area contributed by atoms with Gasteiger partial charge in [0.2, 0.25) is 0 Å². The van der Waals surface area contributed by atoms with E-state index >= 15 is 0 Å². The van der Waals surface area contributed by atoms with Gasteiger partial charge < -0.3 is 77.7 Å². The first-order valence-electron chi connectivity index (χ1n) is 19.0. The number of aliphatic hydroxyl groups is 5. The van der Waals surface area contributed by atoms with Crippen molar-refractivity contribution < 1.29 is 102 Å². The fourth-order valence-electron chi connectivity index (χ4n) is 4.18. The Labute approximate surface area is 360 Å². The van der Waals surface area contributed by atoms with Crippen LogP contribution in [0.2, 0.25) is 0 Å². The maximum Gasteiger partial charge on any atom is 0.333 e. The number of hydrogen-bond acceptors (Lipinski definition) is 21. The van der Waals surface area contributed by atoms with Gasteiger partial charge in [0, 0.05) is 27.9 Å². The average Bonchev–Trinajstić information content (AvgIpc) is 3.21. The largest absolute Gasteiger partial charge is 0.460 e. The molecule has 0 saturated carbocycles. The van der Waals surface area contributed by atoms with E-state index in [2.05, 4.69) is 32.9 Å². The van der Waals surface area contributed by atoms with Crippen LogP contribution in [0.4, 0.5) is 0 Å². The fraction of sp³-hybridized carbons (Fsp3) is 0.610. The van der Waals surface area contributed by atoms with Crippen LogP contribution in [0.25, 0.3) is 0 Å². The number of rotatable bonds is 35. The van der Waals surface area contributed by atoms with Gasteiger partial charge in [-0.1, -0.05) is 32.9 Å². The second kappa shape index (κ2) is 31.2. The Morgan fingerprint density at radius 1 is 0.403 bits per heavy atom. The van der Waals surface area contributed by atoms with Gasteiger partial charge in [-0.25, -0.2) is 24.0 Å². The van der Waals surface area contributed by atoms with Gasteiger partial charge in [-0.2, -0.15) is 0 Å². The van der Waals surface area contributed by atoms with Crippen LogP contribution in [-0.2, 0) is 76.1 Å². The van der Waals surface area contributed by atoms with Crippen molar-refractivity contribution in [3.8, 4) is 0 Å². The van der Waals surface area contributed by atoms with Crippen molar-refractivity contribution in [1.82, 2.24) is 0 Å². The fourth-order valence-corrected chi connectivity index (χ4v) is 4.18. The highest BCUT2D eigenvalue weighted by Gasteiger charge is 2.40. The topological polar surface area (TPSA) is 296 Å². The molecule has 5 unspecified atom stereocenters. The van der Waals surface area contributed by atoms with Crippen molar-refractivity contribution in [3.05, 3.63) is 60.8 Å². The van der Waals surface area contributed by atoms with E-state index in [1.165, 1.54) is 34.6 Å². The number of ether oxygens (including phenoxy) is 10. The minimum atomic E-state index is -1.77. The van der Waals surface area contributed by atoms with E-state index in [1.807, 2.05) is 0 Å². The highest BCUT2D eigenvalue weighted by Crippen LogP contribution is 2.21. The summed E-state index contributed by atoms with van der Waals surface area (Å²) in [7, 11) is 0. The van der Waals surface area contributed by atoms with Gasteiger partial charge in [-0.3, -0.25) is 0 Å². The molecule has 352 valence electrons. The summed E-state index contributed by atoms with van der Waals surface area (Å²) in [5.74, 6) is -4.11. The lowest BCUT2D eigenvalue weighted by Crippen LogP contribution is -2.54. The number of aliphatic hydroxyl groups excluding tert-OH is 5. The summed E-state index contributed by atoms with van der Waals surface area (Å²) >= 11 is 0. The van der Waals surface area contributed by atoms with Gasteiger partial charge in [-0.05, 0) is 34.6 Å². The molecule has 0 aromatic carbocycles. The van der Waals surface area contributed by atoms with Crippen molar-refractivity contribution in [2.75, 3.05) is 72.7 Å². The first-order valence-corrected chi connectivity index (χ1v) is 19.0. The van der Waals surface area contributed by atoms with Crippen LogP contribution in [0, 0.1) is 0 Å². The standard InChI is InChI=1S/C41H62O21/c1-23(2)37(48)58-17-28(43)12-53-22-34(55-14-30(45)19-60-39(50)25(5)6)36(57-16-32(47)21-62-41(52)27(9)10)35(56-15-31(46)20-61-40(51)26(7)8)33(11-42)54-13-29(44)18-59-38(49)24(3)4/h11,28-36,43-47H,1,3,5,7,9,12-22H2,2,4,6,8,10H3/t28?,29?,30?,31?,32?,33-,34+,35+,36+/m0/s1. The quantitative estimate of drug-likeness (QED) is 0.0224. The molecule has 21 heteroatoms. The molecule has 0 aliphatic carbocycles. The Balaban J connectivity index is 7.01. The summed E-state index contributed by atoms with van der Waals surface area (Å²) < 4.78 is 54.1. The molecule has 0 spiro atoms. The van der Waals surface area contributed by atoms with E-state index in [1.54, 1.807) is 0 Å². The number of aldehydes is 1. The molecule has 0 rings (SSSR count). The minimum absolute atomic E-state index is 0.0224. The third-order valence-corrected chi connectivity index (χ3v) is 7.46.